The number of aryl methyl sites for hydroxylation is 1. The summed E-state index contributed by atoms with van der Waals surface area (Å²) in [5.41, 5.74) is 8.44. The van der Waals surface area contributed by atoms with E-state index in [1.54, 1.807) is 6.20 Å². The first kappa shape index (κ1) is 11.8. The van der Waals surface area contributed by atoms with Crippen molar-refractivity contribution in [2.75, 3.05) is 0 Å². The first-order valence-corrected chi connectivity index (χ1v) is 5.88. The van der Waals surface area contributed by atoms with Gasteiger partial charge in [0, 0.05) is 24.6 Å². The van der Waals surface area contributed by atoms with Gasteiger partial charge in [0.2, 0.25) is 0 Å². The lowest BCUT2D eigenvalue weighted by Gasteiger charge is -2.23. The van der Waals surface area contributed by atoms with Crippen molar-refractivity contribution in [3.05, 3.63) is 48.0 Å². The fourth-order valence-corrected chi connectivity index (χ4v) is 1.96. The van der Waals surface area contributed by atoms with Crippen molar-refractivity contribution in [3.8, 4) is 0 Å². The monoisotopic (exact) mass is 230 g/mol. The summed E-state index contributed by atoms with van der Waals surface area (Å²) in [7, 11) is 0. The molecule has 17 heavy (non-hydrogen) atoms. The number of nitrogens with two attached hydrogens (primary N) is 1. The molecule has 0 aliphatic heterocycles. The predicted octanol–water partition coefficient (Wildman–Crippen LogP) is 1.91. The zero-order valence-electron chi connectivity index (χ0n) is 10.2. The lowest BCUT2D eigenvalue weighted by atomic mass is 10.00. The fourth-order valence-electron chi connectivity index (χ4n) is 1.96. The molecule has 0 bridgehead atoms. The number of pyridine rings is 1. The Hall–Kier alpha value is -1.68. The highest BCUT2D eigenvalue weighted by Crippen LogP contribution is 2.21. The lowest BCUT2D eigenvalue weighted by molar-refractivity contribution is 0.423. The summed E-state index contributed by atoms with van der Waals surface area (Å²) in [4.78, 5) is 4.16. The lowest BCUT2D eigenvalue weighted by Crippen LogP contribution is -2.32. The van der Waals surface area contributed by atoms with Crippen LogP contribution in [-0.2, 0) is 0 Å². The van der Waals surface area contributed by atoms with Crippen molar-refractivity contribution in [3.63, 3.8) is 0 Å². The summed E-state index contributed by atoms with van der Waals surface area (Å²) in [5, 5.41) is 4.37. The quantitative estimate of drug-likeness (QED) is 0.873. The van der Waals surface area contributed by atoms with E-state index in [1.807, 2.05) is 42.3 Å². The molecule has 0 radical (unpaired) electrons. The Kier molecular flexibility index (Phi) is 3.54. The van der Waals surface area contributed by atoms with Gasteiger partial charge in [-0.3, -0.25) is 9.67 Å². The molecule has 0 spiro atoms. The van der Waals surface area contributed by atoms with Crippen LogP contribution in [-0.4, -0.2) is 20.8 Å². The van der Waals surface area contributed by atoms with Crippen LogP contribution in [0.15, 0.2) is 36.9 Å². The molecule has 0 aliphatic carbocycles. The summed E-state index contributed by atoms with van der Waals surface area (Å²) in [6.07, 6.45) is 8.40. The maximum Gasteiger partial charge on any atom is 0.0934 e. The van der Waals surface area contributed by atoms with Crippen molar-refractivity contribution < 1.29 is 0 Å². The minimum absolute atomic E-state index is 0.0403. The average Bonchev–Trinajstić information content (AvgIpc) is 2.77. The molecule has 2 aromatic heterocycles. The van der Waals surface area contributed by atoms with Gasteiger partial charge in [0.05, 0.1) is 12.2 Å². The van der Waals surface area contributed by atoms with Gasteiger partial charge in [0.15, 0.2) is 0 Å². The van der Waals surface area contributed by atoms with E-state index in [2.05, 4.69) is 17.0 Å². The number of hydrogen-bond acceptors (Lipinski definition) is 3. The maximum absolute atomic E-state index is 6.20. The van der Waals surface area contributed by atoms with Gasteiger partial charge in [-0.15, -0.1) is 0 Å². The topological polar surface area (TPSA) is 56.7 Å². The Bertz CT molecular complexity index is 463. The molecule has 2 heterocycles. The van der Waals surface area contributed by atoms with Crippen LogP contribution >= 0.6 is 0 Å². The Labute approximate surface area is 101 Å². The Morgan fingerprint density at radius 1 is 1.41 bits per heavy atom. The highest BCUT2D eigenvalue weighted by molar-refractivity contribution is 5.18. The van der Waals surface area contributed by atoms with Crippen LogP contribution in [0.1, 0.15) is 30.5 Å². The van der Waals surface area contributed by atoms with E-state index in [0.717, 1.165) is 17.5 Å². The van der Waals surface area contributed by atoms with Crippen LogP contribution in [0.3, 0.4) is 0 Å². The van der Waals surface area contributed by atoms with Crippen LogP contribution in [0, 0.1) is 6.92 Å². The Morgan fingerprint density at radius 3 is 2.76 bits per heavy atom. The summed E-state index contributed by atoms with van der Waals surface area (Å²) in [6.45, 7) is 4.12. The highest BCUT2D eigenvalue weighted by Gasteiger charge is 2.21. The normalized spacial score (nSPS) is 14.5. The van der Waals surface area contributed by atoms with Gasteiger partial charge in [-0.25, -0.2) is 0 Å². The number of nitrogens with zero attached hydrogens (tertiary/aromatic N) is 3. The smallest absolute Gasteiger partial charge is 0.0934 e. The summed E-state index contributed by atoms with van der Waals surface area (Å²) in [5.74, 6) is 0. The standard InChI is InChI=1S/C13H18N4/c1-3-12(14)13(11-5-4-6-15-8-11)17-9-10(2)7-16-17/h4-9,12-13H,3,14H2,1-2H3. The zero-order valence-corrected chi connectivity index (χ0v) is 10.2. The summed E-state index contributed by atoms with van der Waals surface area (Å²) >= 11 is 0. The molecule has 90 valence electrons. The second kappa shape index (κ2) is 5.10. The molecule has 0 saturated carbocycles. The third-order valence-corrected chi connectivity index (χ3v) is 2.92. The molecule has 2 unspecified atom stereocenters. The fraction of sp³-hybridized carbons (Fsp3) is 0.385. The van der Waals surface area contributed by atoms with Crippen molar-refractivity contribution in [1.29, 1.82) is 0 Å². The van der Waals surface area contributed by atoms with Crippen LogP contribution in [0.4, 0.5) is 0 Å². The third-order valence-electron chi connectivity index (χ3n) is 2.92. The molecule has 2 atom stereocenters. The van der Waals surface area contributed by atoms with E-state index >= 15 is 0 Å². The minimum atomic E-state index is 0.0403. The van der Waals surface area contributed by atoms with Crippen molar-refractivity contribution in [2.45, 2.75) is 32.4 Å². The highest BCUT2D eigenvalue weighted by atomic mass is 15.3. The minimum Gasteiger partial charge on any atom is -0.326 e. The molecule has 2 N–H and O–H groups in total. The third kappa shape index (κ3) is 2.53. The molecule has 4 nitrogen and oxygen atoms in total. The molecule has 2 aromatic rings. The SMILES string of the molecule is CCC(N)C(c1cccnc1)n1cc(C)cn1. The maximum atomic E-state index is 6.20. The van der Waals surface area contributed by atoms with Crippen LogP contribution < -0.4 is 5.73 Å². The number of rotatable bonds is 4. The van der Waals surface area contributed by atoms with Gasteiger partial charge in [-0.1, -0.05) is 13.0 Å². The van der Waals surface area contributed by atoms with E-state index in [1.165, 1.54) is 0 Å². The van der Waals surface area contributed by atoms with E-state index in [9.17, 15) is 0 Å². The van der Waals surface area contributed by atoms with E-state index < -0.39 is 0 Å². The van der Waals surface area contributed by atoms with Crippen molar-refractivity contribution in [1.82, 2.24) is 14.8 Å². The molecule has 0 aromatic carbocycles. The summed E-state index contributed by atoms with van der Waals surface area (Å²) in [6, 6.07) is 4.08. The Balaban J connectivity index is 2.39. The Morgan fingerprint density at radius 2 is 2.24 bits per heavy atom. The van der Waals surface area contributed by atoms with Gasteiger partial charge in [0.25, 0.3) is 0 Å². The molecule has 0 aliphatic rings. The first-order valence-electron chi connectivity index (χ1n) is 5.88. The van der Waals surface area contributed by atoms with Gasteiger partial charge in [-0.05, 0) is 30.5 Å². The molecule has 4 heteroatoms. The number of aromatic nitrogens is 3. The predicted molar refractivity (Wildman–Crippen MR) is 67.6 cm³/mol. The molecule has 0 saturated heterocycles. The molecule has 0 fully saturated rings. The summed E-state index contributed by atoms with van der Waals surface area (Å²) < 4.78 is 1.93. The molecule has 2 rings (SSSR count). The molecule has 0 amide bonds. The van der Waals surface area contributed by atoms with Crippen LogP contribution in [0.2, 0.25) is 0 Å². The molecular weight excluding hydrogens is 212 g/mol. The zero-order chi connectivity index (χ0) is 12.3. The number of hydrogen-bond donors (Lipinski definition) is 1. The van der Waals surface area contributed by atoms with Gasteiger partial charge >= 0.3 is 0 Å². The largest absolute Gasteiger partial charge is 0.326 e. The van der Waals surface area contributed by atoms with E-state index in [4.69, 9.17) is 5.73 Å². The van der Waals surface area contributed by atoms with E-state index in [0.29, 0.717) is 0 Å². The van der Waals surface area contributed by atoms with Gasteiger partial charge in [-0.2, -0.15) is 5.10 Å². The van der Waals surface area contributed by atoms with E-state index in [-0.39, 0.29) is 12.1 Å². The van der Waals surface area contributed by atoms with Crippen molar-refractivity contribution >= 4 is 0 Å². The van der Waals surface area contributed by atoms with Gasteiger partial charge < -0.3 is 5.73 Å². The second-order valence-electron chi connectivity index (χ2n) is 4.30. The van der Waals surface area contributed by atoms with Crippen molar-refractivity contribution in [2.24, 2.45) is 5.73 Å². The van der Waals surface area contributed by atoms with Gasteiger partial charge in [0.1, 0.15) is 0 Å². The first-order chi connectivity index (χ1) is 8.22. The van der Waals surface area contributed by atoms with Crippen LogP contribution in [0.5, 0.6) is 0 Å². The average molecular weight is 230 g/mol. The second-order valence-corrected chi connectivity index (χ2v) is 4.30. The molecular formula is C13H18N4. The van der Waals surface area contributed by atoms with Crippen LogP contribution in [0.25, 0.3) is 0 Å².